The summed E-state index contributed by atoms with van der Waals surface area (Å²) in [5.74, 6) is 3.70. The molecule has 0 spiro atoms. The normalized spacial score (nSPS) is 10.7. The van der Waals surface area contributed by atoms with Crippen LogP contribution in [0.2, 0.25) is 0 Å². The first-order valence-electron chi connectivity index (χ1n) is 30.6. The Kier molecular flexibility index (Phi) is 26.3. The van der Waals surface area contributed by atoms with E-state index in [4.69, 9.17) is 18.9 Å². The maximum absolute atomic E-state index is 5.80. The van der Waals surface area contributed by atoms with Gasteiger partial charge in [-0.25, -0.2) is 0 Å². The SMILES string of the molecule is CC(C)Oc1ccc([S+](c2ccccc2)c2ccccc2)cc1.CCCCOc1ccc([S+](c2ccccc2)c2ccccc2)cc1.CCOc1ccc([S+](c2ccccc2)c2ccccc2)cc1.COc1ccc([S+](c2ccccc2)c2ccccc2)cc1. The number of benzene rings is 12. The molecule has 12 rings (SSSR count). The Morgan fingerprint density at radius 1 is 0.256 bits per heavy atom. The van der Waals surface area contributed by atoms with Crippen molar-refractivity contribution in [2.24, 2.45) is 0 Å². The van der Waals surface area contributed by atoms with Crippen LogP contribution in [0.3, 0.4) is 0 Å². The zero-order valence-corrected chi connectivity index (χ0v) is 55.3. The van der Waals surface area contributed by atoms with Gasteiger partial charge in [0.1, 0.15) is 23.0 Å². The predicted octanol–water partition coefficient (Wildman–Crippen LogP) is 21.5. The van der Waals surface area contributed by atoms with Crippen LogP contribution in [0, 0.1) is 0 Å². The number of hydrogen-bond donors (Lipinski definition) is 0. The summed E-state index contributed by atoms with van der Waals surface area (Å²) in [5.41, 5.74) is 0. The van der Waals surface area contributed by atoms with Crippen molar-refractivity contribution in [3.8, 4) is 23.0 Å². The molecule has 0 aliphatic rings. The molecule has 0 bridgehead atoms. The summed E-state index contributed by atoms with van der Waals surface area (Å²) in [6, 6.07) is 119. The molecule has 0 saturated heterocycles. The summed E-state index contributed by atoms with van der Waals surface area (Å²) < 4.78 is 22.4. The lowest BCUT2D eigenvalue weighted by atomic mass is 10.3. The van der Waals surface area contributed by atoms with Crippen molar-refractivity contribution in [3.05, 3.63) is 340 Å². The summed E-state index contributed by atoms with van der Waals surface area (Å²) in [6.07, 6.45) is 2.45. The molecule has 0 radical (unpaired) electrons. The van der Waals surface area contributed by atoms with Crippen molar-refractivity contribution < 1.29 is 18.9 Å². The van der Waals surface area contributed by atoms with E-state index in [2.05, 4.69) is 335 Å². The van der Waals surface area contributed by atoms with Crippen LogP contribution in [0.15, 0.2) is 398 Å². The van der Waals surface area contributed by atoms with Gasteiger partial charge >= 0.3 is 0 Å². The molecule has 0 unspecified atom stereocenters. The smallest absolute Gasteiger partial charge is 0.166 e. The van der Waals surface area contributed by atoms with Crippen LogP contribution in [0.5, 0.6) is 23.0 Å². The standard InChI is InChI=1S/C22H23OS.C21H21OS.C20H19OS.C19H17OS/c1-2-3-18-23-19-14-16-22(17-15-19)24(20-10-6-4-7-11-20)21-12-8-5-9-13-21;1-17(2)22-18-13-15-21(16-14-18)23(19-9-5-3-6-10-19)20-11-7-4-8-12-20;1-2-21-17-13-15-20(16-14-17)22(18-9-5-3-6-10-18)19-11-7-4-8-12-19;1-20-16-12-14-19(15-13-16)21(17-8-4-2-5-9-17)18-10-6-3-7-11-18/h4-17H,2-3,18H2,1H3;3-17H,1-2H3;3-16H,2H2,1H3;2-15H,1H3/q4*+1. The Morgan fingerprint density at radius 2 is 0.467 bits per heavy atom. The highest BCUT2D eigenvalue weighted by atomic mass is 32.2. The molecule has 90 heavy (non-hydrogen) atoms. The van der Waals surface area contributed by atoms with Gasteiger partial charge in [0.25, 0.3) is 0 Å². The van der Waals surface area contributed by atoms with Crippen molar-refractivity contribution in [1.82, 2.24) is 0 Å². The predicted molar refractivity (Wildman–Crippen MR) is 380 cm³/mol. The molecule has 0 fully saturated rings. The lowest BCUT2D eigenvalue weighted by molar-refractivity contribution is 0.242. The second kappa shape index (κ2) is 36.0. The second-order valence-electron chi connectivity index (χ2n) is 20.6. The first-order chi connectivity index (χ1) is 44.4. The summed E-state index contributed by atoms with van der Waals surface area (Å²) in [5, 5.41) is 0. The average Bonchev–Trinajstić information content (AvgIpc) is 3.04. The molecular weight excluding hydrogens is 1180 g/mol. The third-order valence-electron chi connectivity index (χ3n) is 13.8. The lowest BCUT2D eigenvalue weighted by Gasteiger charge is -2.11. The minimum Gasteiger partial charge on any atom is -0.497 e. The molecule has 12 aromatic rings. The minimum absolute atomic E-state index is 0.0804. The van der Waals surface area contributed by atoms with Crippen LogP contribution in [-0.4, -0.2) is 26.4 Å². The van der Waals surface area contributed by atoms with Crippen LogP contribution < -0.4 is 18.9 Å². The maximum atomic E-state index is 5.80. The van der Waals surface area contributed by atoms with Crippen LogP contribution in [0.1, 0.15) is 40.5 Å². The van der Waals surface area contributed by atoms with Gasteiger partial charge in [-0.2, -0.15) is 0 Å². The minimum atomic E-state index is -0.0911. The van der Waals surface area contributed by atoms with Crippen LogP contribution in [0.25, 0.3) is 0 Å². The Hall–Kier alpha value is -8.76. The van der Waals surface area contributed by atoms with E-state index in [1.54, 1.807) is 7.11 Å². The van der Waals surface area contributed by atoms with Crippen molar-refractivity contribution in [1.29, 1.82) is 0 Å². The van der Waals surface area contributed by atoms with Crippen LogP contribution >= 0.6 is 0 Å². The first kappa shape index (κ1) is 65.7. The van der Waals surface area contributed by atoms with E-state index in [0.29, 0.717) is 6.61 Å². The molecule has 0 aliphatic heterocycles. The van der Waals surface area contributed by atoms with E-state index in [0.717, 1.165) is 42.4 Å². The molecule has 12 aromatic carbocycles. The second-order valence-corrected chi connectivity index (χ2v) is 28.7. The molecule has 0 aromatic heterocycles. The molecule has 0 atom stereocenters. The summed E-state index contributed by atoms with van der Waals surface area (Å²) in [6.45, 7) is 9.77. The topological polar surface area (TPSA) is 36.9 Å². The number of hydrogen-bond acceptors (Lipinski definition) is 4. The number of methoxy groups -OCH3 is 1. The Morgan fingerprint density at radius 3 is 0.678 bits per heavy atom. The summed E-state index contributed by atoms with van der Waals surface area (Å²) in [4.78, 5) is 15.9. The average molecular weight is 1260 g/mol. The summed E-state index contributed by atoms with van der Waals surface area (Å²) in [7, 11) is 1.36. The summed E-state index contributed by atoms with van der Waals surface area (Å²) >= 11 is 0. The highest BCUT2D eigenvalue weighted by Crippen LogP contribution is 2.36. The highest BCUT2D eigenvalue weighted by Gasteiger charge is 2.32. The van der Waals surface area contributed by atoms with Gasteiger partial charge in [-0.15, -0.1) is 0 Å². The number of ether oxygens (including phenoxy) is 4. The number of rotatable bonds is 21. The van der Waals surface area contributed by atoms with Crippen molar-refractivity contribution >= 4 is 43.6 Å². The fourth-order valence-corrected chi connectivity index (χ4v) is 17.9. The van der Waals surface area contributed by atoms with Gasteiger partial charge in [-0.3, -0.25) is 0 Å². The van der Waals surface area contributed by atoms with E-state index in [1.807, 2.05) is 32.9 Å². The van der Waals surface area contributed by atoms with E-state index in [1.165, 1.54) is 58.7 Å². The molecule has 8 heteroatoms. The van der Waals surface area contributed by atoms with E-state index in [9.17, 15) is 0 Å². The Bertz CT molecular complexity index is 3700. The zero-order chi connectivity index (χ0) is 62.4. The third-order valence-corrected chi connectivity index (χ3v) is 22.7. The van der Waals surface area contributed by atoms with E-state index >= 15 is 0 Å². The quantitative estimate of drug-likeness (QED) is 0.0531. The molecule has 0 aliphatic carbocycles. The highest BCUT2D eigenvalue weighted by molar-refractivity contribution is 7.98. The molecule has 0 amide bonds. The molecule has 0 N–H and O–H groups in total. The fraction of sp³-hybridized carbons (Fsp3) is 0.122. The molecular formula is C82H80O4S4+4. The zero-order valence-electron chi connectivity index (χ0n) is 52.0. The van der Waals surface area contributed by atoms with Gasteiger partial charge < -0.3 is 18.9 Å². The van der Waals surface area contributed by atoms with Crippen molar-refractivity contribution in [2.45, 2.75) is 105 Å². The van der Waals surface area contributed by atoms with Gasteiger partial charge in [0.2, 0.25) is 0 Å². The first-order valence-corrected chi connectivity index (χ1v) is 35.5. The number of unbranched alkanes of at least 4 members (excludes halogenated alkanes) is 1. The molecule has 452 valence electrons. The van der Waals surface area contributed by atoms with E-state index in [-0.39, 0.29) is 49.7 Å². The third kappa shape index (κ3) is 19.6. The monoisotopic (exact) mass is 1260 g/mol. The lowest BCUT2D eigenvalue weighted by Crippen LogP contribution is -2.07. The molecule has 4 nitrogen and oxygen atoms in total. The largest absolute Gasteiger partial charge is 0.497 e. The molecule has 0 heterocycles. The van der Waals surface area contributed by atoms with Gasteiger partial charge in [0, 0.05) is 0 Å². The van der Waals surface area contributed by atoms with Crippen LogP contribution in [-0.2, 0) is 43.6 Å². The van der Waals surface area contributed by atoms with E-state index < -0.39 is 0 Å². The fourth-order valence-electron chi connectivity index (χ4n) is 9.57. The Balaban J connectivity index is 0.000000142. The van der Waals surface area contributed by atoms with Gasteiger partial charge in [-0.1, -0.05) is 159 Å². The molecule has 0 saturated carbocycles. The van der Waals surface area contributed by atoms with Crippen molar-refractivity contribution in [3.63, 3.8) is 0 Å². The van der Waals surface area contributed by atoms with Crippen molar-refractivity contribution in [2.75, 3.05) is 20.3 Å². The Labute approximate surface area is 547 Å². The van der Waals surface area contributed by atoms with Gasteiger partial charge in [0.15, 0.2) is 58.7 Å². The van der Waals surface area contributed by atoms with Gasteiger partial charge in [-0.05, 0) is 221 Å². The van der Waals surface area contributed by atoms with Gasteiger partial charge in [0.05, 0.1) is 70.0 Å². The maximum Gasteiger partial charge on any atom is 0.166 e. The van der Waals surface area contributed by atoms with Crippen LogP contribution in [0.4, 0.5) is 0 Å².